The second kappa shape index (κ2) is 12.6. The van der Waals surface area contributed by atoms with Crippen LogP contribution >= 0.6 is 0 Å². The van der Waals surface area contributed by atoms with E-state index in [1.807, 2.05) is 36.4 Å². The molecule has 2 aromatic rings. The van der Waals surface area contributed by atoms with Gasteiger partial charge in [0.15, 0.2) is 0 Å². The number of hydroxylamine groups is 2. The molecule has 6 heteroatoms. The van der Waals surface area contributed by atoms with Gasteiger partial charge < -0.3 is 4.74 Å². The van der Waals surface area contributed by atoms with Crippen molar-refractivity contribution in [2.75, 3.05) is 13.3 Å². The molecule has 0 atom stereocenters. The lowest BCUT2D eigenvalue weighted by atomic mass is 9.98. The second-order valence-corrected chi connectivity index (χ2v) is 9.78. The van der Waals surface area contributed by atoms with E-state index >= 15 is 0 Å². The molecule has 1 N–H and O–H groups in total. The minimum atomic E-state index is -0.495. The monoisotopic (exact) mass is 464 g/mol. The fourth-order valence-corrected chi connectivity index (χ4v) is 3.86. The Hall–Kier alpha value is -2.83. The molecule has 1 aliphatic heterocycles. The van der Waals surface area contributed by atoms with Crippen molar-refractivity contribution in [2.24, 2.45) is 0 Å². The van der Waals surface area contributed by atoms with Gasteiger partial charge in [0, 0.05) is 19.0 Å². The minimum Gasteiger partial charge on any atom is -0.318 e. The fraction of sp³-hybridized carbons (Fsp3) is 0.464. The summed E-state index contributed by atoms with van der Waals surface area (Å²) in [6.45, 7) is 8.00. The van der Waals surface area contributed by atoms with Gasteiger partial charge in [0.1, 0.15) is 18.5 Å². The molecular weight excluding hydrogens is 426 g/mol. The van der Waals surface area contributed by atoms with Crippen LogP contribution in [0.5, 0.6) is 0 Å². The maximum atomic E-state index is 12.8. The smallest absolute Gasteiger partial charge is 0.296 e. The van der Waals surface area contributed by atoms with Crippen molar-refractivity contribution in [1.29, 1.82) is 0 Å². The molecule has 3 rings (SSSR count). The van der Waals surface area contributed by atoms with Crippen LogP contribution in [0.3, 0.4) is 0 Å². The standard InChI is InChI=1S/C28H38N3O3/c1-28(2,3)34-22-30-18-10-5-8-14-24(15-9-11-19-30)25-16-17-29-26(20-25)27(32)31(33)21-23-12-6-4-7-13-23/h4,6-7,12-14,16-17,19-20,33H,5,8-11,15,18,21-22H2,1-3H3/q+1. The van der Waals surface area contributed by atoms with Gasteiger partial charge in [-0.2, -0.15) is 0 Å². The number of benzene rings is 1. The van der Waals surface area contributed by atoms with E-state index in [2.05, 4.69) is 42.6 Å². The van der Waals surface area contributed by atoms with Gasteiger partial charge in [-0.3, -0.25) is 15.0 Å². The second-order valence-electron chi connectivity index (χ2n) is 9.78. The number of pyridine rings is 1. The molecular formula is C28H38N3O3+. The Kier molecular flexibility index (Phi) is 9.54. The Morgan fingerprint density at radius 3 is 2.68 bits per heavy atom. The normalized spacial score (nSPS) is 15.6. The maximum absolute atomic E-state index is 12.8. The van der Waals surface area contributed by atoms with Crippen molar-refractivity contribution in [2.45, 2.75) is 71.4 Å². The average Bonchev–Trinajstić information content (AvgIpc) is 2.87. The van der Waals surface area contributed by atoms with Crippen LogP contribution in [-0.2, 0) is 11.3 Å². The molecule has 0 aliphatic carbocycles. The molecule has 0 unspecified atom stereocenters. The number of carbonyl (C=O) groups excluding carboxylic acids is 1. The molecule has 6 nitrogen and oxygen atoms in total. The third-order valence-electron chi connectivity index (χ3n) is 5.75. The number of hydrogen-bond donors (Lipinski definition) is 1. The Balaban J connectivity index is 1.66. The highest BCUT2D eigenvalue weighted by atomic mass is 16.5. The highest BCUT2D eigenvalue weighted by molar-refractivity contribution is 5.92. The average molecular weight is 465 g/mol. The zero-order valence-corrected chi connectivity index (χ0v) is 20.7. The van der Waals surface area contributed by atoms with Gasteiger partial charge in [-0.15, -0.1) is 0 Å². The SMILES string of the molecule is CC(C)(C)OC[N+]1=CCCCC(c2ccnc(C(=O)N(O)Cc3ccccc3)c2)=CCCCC1. The van der Waals surface area contributed by atoms with E-state index in [4.69, 9.17) is 4.74 Å². The fourth-order valence-electron chi connectivity index (χ4n) is 3.86. The third-order valence-corrected chi connectivity index (χ3v) is 5.75. The lowest BCUT2D eigenvalue weighted by molar-refractivity contribution is -0.571. The van der Waals surface area contributed by atoms with Crippen molar-refractivity contribution in [3.05, 3.63) is 71.6 Å². The van der Waals surface area contributed by atoms with Crippen LogP contribution in [0.4, 0.5) is 0 Å². The zero-order valence-electron chi connectivity index (χ0n) is 20.7. The number of amides is 1. The minimum absolute atomic E-state index is 0.125. The van der Waals surface area contributed by atoms with Crippen molar-refractivity contribution in [3.63, 3.8) is 0 Å². The Bertz CT molecular complexity index is 993. The van der Waals surface area contributed by atoms with E-state index in [1.54, 1.807) is 12.3 Å². The predicted octanol–water partition coefficient (Wildman–Crippen LogP) is 5.71. The van der Waals surface area contributed by atoms with Gasteiger partial charge in [-0.05, 0) is 75.3 Å². The van der Waals surface area contributed by atoms with E-state index in [0.29, 0.717) is 6.73 Å². The predicted molar refractivity (Wildman–Crippen MR) is 135 cm³/mol. The van der Waals surface area contributed by atoms with Crippen LogP contribution in [0.15, 0.2) is 54.7 Å². The molecule has 2 heterocycles. The summed E-state index contributed by atoms with van der Waals surface area (Å²) in [6.07, 6.45) is 12.3. The number of carbonyl (C=O) groups is 1. The first-order valence-electron chi connectivity index (χ1n) is 12.2. The van der Waals surface area contributed by atoms with Gasteiger partial charge in [0.25, 0.3) is 5.91 Å². The maximum Gasteiger partial charge on any atom is 0.296 e. The summed E-state index contributed by atoms with van der Waals surface area (Å²) in [6, 6.07) is 13.2. The van der Waals surface area contributed by atoms with E-state index in [9.17, 15) is 10.0 Å². The molecule has 34 heavy (non-hydrogen) atoms. The van der Waals surface area contributed by atoms with Crippen LogP contribution < -0.4 is 0 Å². The lowest BCUT2D eigenvalue weighted by Crippen LogP contribution is -2.27. The summed E-state index contributed by atoms with van der Waals surface area (Å²) in [5.41, 5.74) is 3.20. The van der Waals surface area contributed by atoms with Gasteiger partial charge in [0.2, 0.25) is 6.73 Å². The molecule has 0 saturated heterocycles. The first kappa shape index (κ1) is 25.8. The molecule has 0 radical (unpaired) electrons. The third kappa shape index (κ3) is 8.50. The summed E-state index contributed by atoms with van der Waals surface area (Å²) in [7, 11) is 0. The van der Waals surface area contributed by atoms with Crippen LogP contribution in [0.25, 0.3) is 5.57 Å². The number of aromatic nitrogens is 1. The Morgan fingerprint density at radius 1 is 1.12 bits per heavy atom. The van der Waals surface area contributed by atoms with E-state index < -0.39 is 5.91 Å². The Labute approximate surface area is 203 Å². The molecule has 182 valence electrons. The van der Waals surface area contributed by atoms with Gasteiger partial charge >= 0.3 is 0 Å². The highest BCUT2D eigenvalue weighted by Gasteiger charge is 2.18. The number of hydrogen-bond acceptors (Lipinski definition) is 4. The summed E-state index contributed by atoms with van der Waals surface area (Å²) in [4.78, 5) is 17.0. The van der Waals surface area contributed by atoms with Crippen LogP contribution in [0.1, 0.15) is 80.9 Å². The van der Waals surface area contributed by atoms with Crippen LogP contribution in [-0.4, -0.2) is 50.8 Å². The molecule has 1 aromatic heterocycles. The molecule has 1 aliphatic rings. The molecule has 1 aromatic carbocycles. The molecule has 0 saturated carbocycles. The van der Waals surface area contributed by atoms with Gasteiger partial charge in [0.05, 0.1) is 12.1 Å². The van der Waals surface area contributed by atoms with Crippen LogP contribution in [0.2, 0.25) is 0 Å². The Morgan fingerprint density at radius 2 is 1.91 bits per heavy atom. The van der Waals surface area contributed by atoms with E-state index in [0.717, 1.165) is 61.3 Å². The van der Waals surface area contributed by atoms with E-state index in [1.165, 1.54) is 5.57 Å². The van der Waals surface area contributed by atoms with Crippen molar-refractivity contribution >= 4 is 17.7 Å². The number of nitrogens with zero attached hydrogens (tertiary/aromatic N) is 3. The summed E-state index contributed by atoms with van der Waals surface area (Å²) in [5.74, 6) is -0.495. The highest BCUT2D eigenvalue weighted by Crippen LogP contribution is 2.23. The van der Waals surface area contributed by atoms with Crippen molar-refractivity contribution in [3.8, 4) is 0 Å². The molecule has 0 bridgehead atoms. The zero-order chi connectivity index (χ0) is 24.4. The summed E-state index contributed by atoms with van der Waals surface area (Å²) < 4.78 is 8.26. The largest absolute Gasteiger partial charge is 0.318 e. The number of allylic oxidation sites excluding steroid dienone is 2. The quantitative estimate of drug-likeness (QED) is 0.338. The molecule has 0 fully saturated rings. The number of rotatable bonds is 6. The van der Waals surface area contributed by atoms with Gasteiger partial charge in [-0.1, -0.05) is 36.4 Å². The van der Waals surface area contributed by atoms with Crippen LogP contribution in [0, 0.1) is 0 Å². The van der Waals surface area contributed by atoms with Gasteiger partial charge in [-0.25, -0.2) is 9.64 Å². The van der Waals surface area contributed by atoms with E-state index in [-0.39, 0.29) is 17.8 Å². The first-order chi connectivity index (χ1) is 16.3. The van der Waals surface area contributed by atoms with Crippen molar-refractivity contribution < 1.29 is 19.3 Å². The summed E-state index contributed by atoms with van der Waals surface area (Å²) in [5, 5.41) is 11.1. The first-order valence-corrected chi connectivity index (χ1v) is 12.2. The topological polar surface area (TPSA) is 65.7 Å². The van der Waals surface area contributed by atoms with Crippen molar-refractivity contribution in [1.82, 2.24) is 10.0 Å². The molecule has 1 amide bonds. The molecule has 0 spiro atoms. The lowest BCUT2D eigenvalue weighted by Gasteiger charge is -2.18. The summed E-state index contributed by atoms with van der Waals surface area (Å²) >= 11 is 0. The number of ether oxygens (including phenoxy) is 1.